The lowest BCUT2D eigenvalue weighted by molar-refractivity contribution is -0.0799. The molecule has 1 heterocycles. The van der Waals surface area contributed by atoms with Crippen LogP contribution in [0.3, 0.4) is 0 Å². The minimum Gasteiger partial charge on any atom is -0.462 e. The molecule has 1 fully saturated rings. The van der Waals surface area contributed by atoms with Gasteiger partial charge in [-0.25, -0.2) is 0 Å². The van der Waals surface area contributed by atoms with Crippen molar-refractivity contribution >= 4 is 0 Å². The standard InChI is InChI=1S/C12H14O2/c1-9-12(2,3)14-11(13-9)10-7-5-4-6-8-10/h4-8,11H,1H2,2-3H3. The number of hydrogen-bond donors (Lipinski definition) is 0. The van der Waals surface area contributed by atoms with Crippen molar-refractivity contribution in [2.45, 2.75) is 25.7 Å². The van der Waals surface area contributed by atoms with E-state index in [0.29, 0.717) is 5.76 Å². The maximum atomic E-state index is 5.73. The molecule has 14 heavy (non-hydrogen) atoms. The molecule has 0 N–H and O–H groups in total. The van der Waals surface area contributed by atoms with Gasteiger partial charge in [0.1, 0.15) is 11.4 Å². The van der Waals surface area contributed by atoms with Crippen molar-refractivity contribution in [3.8, 4) is 0 Å². The average Bonchev–Trinajstić information content (AvgIpc) is 2.43. The highest BCUT2D eigenvalue weighted by Gasteiger charge is 2.37. The van der Waals surface area contributed by atoms with Gasteiger partial charge in [0.15, 0.2) is 0 Å². The molecule has 74 valence electrons. The molecule has 1 aromatic rings. The zero-order valence-corrected chi connectivity index (χ0v) is 8.49. The molecule has 1 aliphatic rings. The monoisotopic (exact) mass is 190 g/mol. The maximum Gasteiger partial charge on any atom is 0.227 e. The van der Waals surface area contributed by atoms with E-state index in [2.05, 4.69) is 6.58 Å². The van der Waals surface area contributed by atoms with Gasteiger partial charge in [0.05, 0.1) is 0 Å². The van der Waals surface area contributed by atoms with Crippen LogP contribution in [0.1, 0.15) is 25.7 Å². The molecule has 0 amide bonds. The normalized spacial score (nSPS) is 24.7. The summed E-state index contributed by atoms with van der Waals surface area (Å²) in [4.78, 5) is 0. The summed E-state index contributed by atoms with van der Waals surface area (Å²) in [6, 6.07) is 9.88. The van der Waals surface area contributed by atoms with Gasteiger partial charge in [-0.1, -0.05) is 36.9 Å². The van der Waals surface area contributed by atoms with Crippen LogP contribution in [0.4, 0.5) is 0 Å². The Labute approximate surface area is 84.2 Å². The third-order valence-corrected chi connectivity index (χ3v) is 2.39. The predicted molar refractivity (Wildman–Crippen MR) is 54.6 cm³/mol. The van der Waals surface area contributed by atoms with E-state index in [0.717, 1.165) is 5.56 Å². The van der Waals surface area contributed by atoms with Gasteiger partial charge in [0.25, 0.3) is 0 Å². The highest BCUT2D eigenvalue weighted by molar-refractivity contribution is 5.19. The molecular formula is C12H14O2. The second-order valence-electron chi connectivity index (χ2n) is 3.91. The SMILES string of the molecule is C=C1OC(c2ccccc2)OC1(C)C. The van der Waals surface area contributed by atoms with Crippen LogP contribution in [-0.4, -0.2) is 5.60 Å². The summed E-state index contributed by atoms with van der Waals surface area (Å²) in [6.07, 6.45) is -0.307. The molecule has 0 spiro atoms. The molecule has 2 rings (SSSR count). The van der Waals surface area contributed by atoms with Crippen LogP contribution < -0.4 is 0 Å². The summed E-state index contributed by atoms with van der Waals surface area (Å²) in [5.74, 6) is 0.686. The van der Waals surface area contributed by atoms with E-state index >= 15 is 0 Å². The first-order valence-corrected chi connectivity index (χ1v) is 4.68. The van der Waals surface area contributed by atoms with E-state index in [9.17, 15) is 0 Å². The number of ether oxygens (including phenoxy) is 2. The van der Waals surface area contributed by atoms with Crippen LogP contribution in [0.5, 0.6) is 0 Å². The van der Waals surface area contributed by atoms with E-state index in [1.165, 1.54) is 0 Å². The number of benzene rings is 1. The van der Waals surface area contributed by atoms with Crippen molar-refractivity contribution in [1.29, 1.82) is 0 Å². The first-order chi connectivity index (χ1) is 6.59. The van der Waals surface area contributed by atoms with Crippen molar-refractivity contribution in [3.05, 3.63) is 48.2 Å². The highest BCUT2D eigenvalue weighted by Crippen LogP contribution is 2.39. The summed E-state index contributed by atoms with van der Waals surface area (Å²) in [5.41, 5.74) is 0.639. The van der Waals surface area contributed by atoms with Gasteiger partial charge in [-0.05, 0) is 13.8 Å². The van der Waals surface area contributed by atoms with Crippen molar-refractivity contribution in [2.24, 2.45) is 0 Å². The third-order valence-electron chi connectivity index (χ3n) is 2.39. The topological polar surface area (TPSA) is 18.5 Å². The van der Waals surface area contributed by atoms with Crippen LogP contribution in [0.15, 0.2) is 42.7 Å². The predicted octanol–water partition coefficient (Wildman–Crippen LogP) is 3.02. The molecule has 0 saturated carbocycles. The van der Waals surface area contributed by atoms with Crippen molar-refractivity contribution < 1.29 is 9.47 Å². The maximum absolute atomic E-state index is 5.73. The van der Waals surface area contributed by atoms with Crippen LogP contribution in [0.25, 0.3) is 0 Å². The fourth-order valence-electron chi connectivity index (χ4n) is 1.37. The van der Waals surface area contributed by atoms with Gasteiger partial charge in [0, 0.05) is 5.56 Å². The first-order valence-electron chi connectivity index (χ1n) is 4.68. The van der Waals surface area contributed by atoms with Crippen LogP contribution in [0, 0.1) is 0 Å². The quantitative estimate of drug-likeness (QED) is 0.677. The molecule has 1 saturated heterocycles. The van der Waals surface area contributed by atoms with Gasteiger partial charge < -0.3 is 9.47 Å². The van der Waals surface area contributed by atoms with Crippen molar-refractivity contribution in [2.75, 3.05) is 0 Å². The minimum absolute atomic E-state index is 0.307. The van der Waals surface area contributed by atoms with Crippen molar-refractivity contribution in [3.63, 3.8) is 0 Å². The minimum atomic E-state index is -0.388. The first kappa shape index (κ1) is 9.28. The van der Waals surface area contributed by atoms with E-state index in [-0.39, 0.29) is 11.9 Å². The lowest BCUT2D eigenvalue weighted by Crippen LogP contribution is -2.19. The Kier molecular flexibility index (Phi) is 2.08. The number of rotatable bonds is 1. The molecule has 0 aromatic heterocycles. The van der Waals surface area contributed by atoms with Crippen LogP contribution >= 0.6 is 0 Å². The lowest BCUT2D eigenvalue weighted by atomic mass is 10.1. The molecule has 1 aromatic carbocycles. The summed E-state index contributed by atoms with van der Waals surface area (Å²) >= 11 is 0. The molecule has 1 aliphatic heterocycles. The summed E-state index contributed by atoms with van der Waals surface area (Å²) in [5, 5.41) is 0. The van der Waals surface area contributed by atoms with Gasteiger partial charge in [0.2, 0.25) is 6.29 Å². The van der Waals surface area contributed by atoms with Gasteiger partial charge in [-0.3, -0.25) is 0 Å². The van der Waals surface area contributed by atoms with Gasteiger partial charge >= 0.3 is 0 Å². The van der Waals surface area contributed by atoms with Crippen LogP contribution in [-0.2, 0) is 9.47 Å². The Hall–Kier alpha value is -1.28. The second kappa shape index (κ2) is 3.14. The zero-order chi connectivity index (χ0) is 10.2. The summed E-state index contributed by atoms with van der Waals surface area (Å²) in [7, 11) is 0. The van der Waals surface area contributed by atoms with Crippen LogP contribution in [0.2, 0.25) is 0 Å². The molecule has 1 atom stereocenters. The molecule has 2 nitrogen and oxygen atoms in total. The largest absolute Gasteiger partial charge is 0.462 e. The zero-order valence-electron chi connectivity index (χ0n) is 8.49. The van der Waals surface area contributed by atoms with Crippen molar-refractivity contribution in [1.82, 2.24) is 0 Å². The molecule has 0 aliphatic carbocycles. The summed E-state index contributed by atoms with van der Waals surface area (Å²) in [6.45, 7) is 7.75. The van der Waals surface area contributed by atoms with E-state index < -0.39 is 0 Å². The second-order valence-corrected chi connectivity index (χ2v) is 3.91. The van der Waals surface area contributed by atoms with E-state index in [1.807, 2.05) is 44.2 Å². The number of hydrogen-bond acceptors (Lipinski definition) is 2. The smallest absolute Gasteiger partial charge is 0.227 e. The molecule has 2 heteroatoms. The molecule has 1 unspecified atom stereocenters. The summed E-state index contributed by atoms with van der Waals surface area (Å²) < 4.78 is 11.3. The third kappa shape index (κ3) is 1.53. The lowest BCUT2D eigenvalue weighted by Gasteiger charge is -2.14. The Balaban J connectivity index is 2.21. The molecule has 0 bridgehead atoms. The fourth-order valence-corrected chi connectivity index (χ4v) is 1.37. The van der Waals surface area contributed by atoms with E-state index in [4.69, 9.17) is 9.47 Å². The Morgan fingerprint density at radius 1 is 1.21 bits per heavy atom. The van der Waals surface area contributed by atoms with Gasteiger partial charge in [-0.2, -0.15) is 0 Å². The highest BCUT2D eigenvalue weighted by atomic mass is 16.7. The van der Waals surface area contributed by atoms with E-state index in [1.54, 1.807) is 0 Å². The molecule has 0 radical (unpaired) electrons. The average molecular weight is 190 g/mol. The Morgan fingerprint density at radius 2 is 1.86 bits per heavy atom. The molecular weight excluding hydrogens is 176 g/mol. The Morgan fingerprint density at radius 3 is 2.36 bits per heavy atom. The Bertz CT molecular complexity index is 341. The fraction of sp³-hybridized carbons (Fsp3) is 0.333. The van der Waals surface area contributed by atoms with Gasteiger partial charge in [-0.15, -0.1) is 0 Å².